The Labute approximate surface area is 192 Å². The van der Waals surface area contributed by atoms with Crippen molar-refractivity contribution < 1.29 is 22.7 Å². The molecule has 2 N–H and O–H groups in total. The van der Waals surface area contributed by atoms with Crippen LogP contribution in [0.3, 0.4) is 0 Å². The van der Waals surface area contributed by atoms with Crippen LogP contribution in [0.5, 0.6) is 5.75 Å². The zero-order chi connectivity index (χ0) is 23.5. The fraction of sp³-hybridized carbons (Fsp3) is 0.364. The Balaban J connectivity index is 1.78. The average molecular weight is 480 g/mol. The highest BCUT2D eigenvalue weighted by Gasteiger charge is 2.33. The molecule has 0 atom stereocenters. The van der Waals surface area contributed by atoms with Crippen LogP contribution in [0.4, 0.5) is 5.69 Å². The standard InChI is InChI=1S/C22H26ClN3O5S/c1-22(2,25-32(29,30)17-9-6-15(23)7-10-17)21(28)24-16-8-11-19(31-3)18(14-16)20(27)26-12-4-5-13-26/h6-11,14,25H,4-5,12-13H2,1-3H3,(H,24,28). The first-order chi connectivity index (χ1) is 15.0. The van der Waals surface area contributed by atoms with Crippen LogP contribution >= 0.6 is 11.6 Å². The molecule has 0 bridgehead atoms. The number of ether oxygens (including phenoxy) is 1. The van der Waals surface area contributed by atoms with Gasteiger partial charge in [0.25, 0.3) is 5.91 Å². The molecule has 32 heavy (non-hydrogen) atoms. The SMILES string of the molecule is COc1ccc(NC(=O)C(C)(C)NS(=O)(=O)c2ccc(Cl)cc2)cc1C(=O)N1CCCC1. The van der Waals surface area contributed by atoms with E-state index in [1.807, 2.05) is 0 Å². The van der Waals surface area contributed by atoms with E-state index in [0.717, 1.165) is 12.8 Å². The van der Waals surface area contributed by atoms with Crippen molar-refractivity contribution in [3.05, 3.63) is 53.1 Å². The molecule has 1 fully saturated rings. The molecule has 8 nitrogen and oxygen atoms in total. The zero-order valence-corrected chi connectivity index (χ0v) is 19.7. The second-order valence-electron chi connectivity index (χ2n) is 8.05. The summed E-state index contributed by atoms with van der Waals surface area (Å²) in [5.74, 6) is -0.347. The summed E-state index contributed by atoms with van der Waals surface area (Å²) in [6.07, 6.45) is 1.90. The number of likely N-dealkylation sites (tertiary alicyclic amines) is 1. The van der Waals surface area contributed by atoms with Gasteiger partial charge in [-0.15, -0.1) is 0 Å². The second kappa shape index (κ2) is 9.48. The molecule has 1 aliphatic rings. The van der Waals surface area contributed by atoms with E-state index in [1.165, 1.54) is 45.2 Å². The largest absolute Gasteiger partial charge is 0.496 e. The topological polar surface area (TPSA) is 105 Å². The van der Waals surface area contributed by atoms with Crippen molar-refractivity contribution in [2.45, 2.75) is 37.1 Å². The van der Waals surface area contributed by atoms with Gasteiger partial charge in [0.1, 0.15) is 11.3 Å². The Morgan fingerprint density at radius 2 is 1.69 bits per heavy atom. The molecule has 3 rings (SSSR count). The molecule has 2 amide bonds. The van der Waals surface area contributed by atoms with Crippen LogP contribution in [-0.2, 0) is 14.8 Å². The molecule has 2 aromatic carbocycles. The zero-order valence-electron chi connectivity index (χ0n) is 18.1. The molecular weight excluding hydrogens is 454 g/mol. The molecule has 0 aromatic heterocycles. The molecule has 1 aliphatic heterocycles. The first-order valence-corrected chi connectivity index (χ1v) is 12.0. The fourth-order valence-electron chi connectivity index (χ4n) is 3.39. The van der Waals surface area contributed by atoms with Crippen molar-refractivity contribution in [2.24, 2.45) is 0 Å². The quantitative estimate of drug-likeness (QED) is 0.634. The minimum atomic E-state index is -3.97. The third kappa shape index (κ3) is 5.40. The normalized spacial score (nSPS) is 14.3. The van der Waals surface area contributed by atoms with Gasteiger partial charge in [0, 0.05) is 23.8 Å². The Morgan fingerprint density at radius 3 is 2.28 bits per heavy atom. The predicted octanol–water partition coefficient (Wildman–Crippen LogP) is 3.28. The van der Waals surface area contributed by atoms with E-state index in [2.05, 4.69) is 10.0 Å². The highest BCUT2D eigenvalue weighted by molar-refractivity contribution is 7.89. The third-order valence-electron chi connectivity index (χ3n) is 5.16. The maximum Gasteiger partial charge on any atom is 0.257 e. The Bertz CT molecular complexity index is 1110. The summed E-state index contributed by atoms with van der Waals surface area (Å²) in [5, 5.41) is 3.09. The molecule has 0 aliphatic carbocycles. The van der Waals surface area contributed by atoms with Gasteiger partial charge in [0.05, 0.1) is 17.6 Å². The number of rotatable bonds is 7. The molecule has 172 valence electrons. The lowest BCUT2D eigenvalue weighted by Gasteiger charge is -2.25. The van der Waals surface area contributed by atoms with E-state index in [9.17, 15) is 18.0 Å². The molecule has 10 heteroatoms. The number of carbonyl (C=O) groups excluding carboxylic acids is 2. The summed E-state index contributed by atoms with van der Waals surface area (Å²) in [4.78, 5) is 27.5. The van der Waals surface area contributed by atoms with Crippen molar-refractivity contribution >= 4 is 39.1 Å². The Kier molecular flexibility index (Phi) is 7.12. The number of amides is 2. The summed E-state index contributed by atoms with van der Waals surface area (Å²) in [6, 6.07) is 10.4. The lowest BCUT2D eigenvalue weighted by atomic mass is 10.1. The van der Waals surface area contributed by atoms with Crippen molar-refractivity contribution in [1.29, 1.82) is 0 Å². The fourth-order valence-corrected chi connectivity index (χ4v) is 4.89. The summed E-state index contributed by atoms with van der Waals surface area (Å²) in [5.41, 5.74) is -0.777. The number of halogens is 1. The van der Waals surface area contributed by atoms with Gasteiger partial charge in [-0.2, -0.15) is 4.72 Å². The van der Waals surface area contributed by atoms with Gasteiger partial charge in [-0.05, 0) is 69.2 Å². The number of carbonyl (C=O) groups is 2. The van der Waals surface area contributed by atoms with Crippen LogP contribution in [-0.4, -0.2) is 50.9 Å². The molecule has 0 saturated carbocycles. The van der Waals surface area contributed by atoms with Gasteiger partial charge in [0.2, 0.25) is 15.9 Å². The van der Waals surface area contributed by atoms with E-state index in [-0.39, 0.29) is 10.8 Å². The summed E-state index contributed by atoms with van der Waals surface area (Å²) >= 11 is 5.82. The summed E-state index contributed by atoms with van der Waals surface area (Å²) in [6.45, 7) is 4.27. The smallest absolute Gasteiger partial charge is 0.257 e. The highest BCUT2D eigenvalue weighted by atomic mass is 35.5. The minimum Gasteiger partial charge on any atom is -0.496 e. The average Bonchev–Trinajstić information content (AvgIpc) is 3.27. The van der Waals surface area contributed by atoms with Crippen LogP contribution in [0.1, 0.15) is 37.0 Å². The van der Waals surface area contributed by atoms with Gasteiger partial charge in [-0.3, -0.25) is 9.59 Å². The minimum absolute atomic E-state index is 0.00859. The van der Waals surface area contributed by atoms with Crippen LogP contribution in [0.2, 0.25) is 5.02 Å². The van der Waals surface area contributed by atoms with Gasteiger partial charge in [-0.1, -0.05) is 11.6 Å². The first kappa shape index (κ1) is 24.0. The molecule has 1 heterocycles. The maximum atomic E-state index is 12.9. The van der Waals surface area contributed by atoms with Crippen molar-refractivity contribution in [1.82, 2.24) is 9.62 Å². The van der Waals surface area contributed by atoms with Crippen molar-refractivity contribution in [3.8, 4) is 5.75 Å². The summed E-state index contributed by atoms with van der Waals surface area (Å²) in [7, 11) is -2.49. The van der Waals surface area contributed by atoms with Crippen molar-refractivity contribution in [2.75, 3.05) is 25.5 Å². The van der Waals surface area contributed by atoms with Crippen molar-refractivity contribution in [3.63, 3.8) is 0 Å². The number of methoxy groups -OCH3 is 1. The van der Waals surface area contributed by atoms with Gasteiger partial charge < -0.3 is 15.0 Å². The molecule has 2 aromatic rings. The number of nitrogens with zero attached hydrogens (tertiary/aromatic N) is 1. The second-order valence-corrected chi connectivity index (χ2v) is 10.2. The monoisotopic (exact) mass is 479 g/mol. The molecule has 0 unspecified atom stereocenters. The first-order valence-electron chi connectivity index (χ1n) is 10.1. The third-order valence-corrected chi connectivity index (χ3v) is 7.09. The lowest BCUT2D eigenvalue weighted by molar-refractivity contribution is -0.120. The van der Waals surface area contributed by atoms with Crippen LogP contribution in [0.25, 0.3) is 0 Å². The van der Waals surface area contributed by atoms with Gasteiger partial charge >= 0.3 is 0 Å². The number of anilines is 1. The highest BCUT2D eigenvalue weighted by Crippen LogP contribution is 2.26. The number of nitrogens with one attached hydrogen (secondary N) is 2. The number of hydrogen-bond acceptors (Lipinski definition) is 5. The van der Waals surface area contributed by atoms with E-state index >= 15 is 0 Å². The molecular formula is C22H26ClN3O5S. The molecule has 0 spiro atoms. The summed E-state index contributed by atoms with van der Waals surface area (Å²) < 4.78 is 33.1. The number of hydrogen-bond donors (Lipinski definition) is 2. The van der Waals surface area contributed by atoms with Crippen LogP contribution < -0.4 is 14.8 Å². The number of benzene rings is 2. The molecule has 1 saturated heterocycles. The predicted molar refractivity (Wildman–Crippen MR) is 123 cm³/mol. The van der Waals surface area contributed by atoms with E-state index < -0.39 is 21.5 Å². The maximum absolute atomic E-state index is 12.9. The Hall–Kier alpha value is -2.62. The lowest BCUT2D eigenvalue weighted by Crippen LogP contribution is -2.52. The van der Waals surface area contributed by atoms with E-state index in [0.29, 0.717) is 35.1 Å². The number of sulfonamides is 1. The van der Waals surface area contributed by atoms with Gasteiger partial charge in [0.15, 0.2) is 0 Å². The van der Waals surface area contributed by atoms with Crippen LogP contribution in [0, 0.1) is 0 Å². The van der Waals surface area contributed by atoms with E-state index in [4.69, 9.17) is 16.3 Å². The molecule has 0 radical (unpaired) electrons. The van der Waals surface area contributed by atoms with Crippen LogP contribution in [0.15, 0.2) is 47.4 Å². The van der Waals surface area contributed by atoms with E-state index in [1.54, 1.807) is 23.1 Å². The van der Waals surface area contributed by atoms with Gasteiger partial charge in [-0.25, -0.2) is 8.42 Å². The Morgan fingerprint density at radius 1 is 1.06 bits per heavy atom.